The van der Waals surface area contributed by atoms with E-state index in [4.69, 9.17) is 14.2 Å². The zero-order chi connectivity index (χ0) is 13.0. The van der Waals surface area contributed by atoms with E-state index in [1.807, 2.05) is 30.3 Å². The molecule has 1 aromatic carbocycles. The lowest BCUT2D eigenvalue weighted by Crippen LogP contribution is -1.94. The first-order valence-corrected chi connectivity index (χ1v) is 5.51. The molecule has 0 spiro atoms. The highest BCUT2D eigenvalue weighted by Gasteiger charge is 2.07. The fraction of sp³-hybridized carbons (Fsp3) is 0.214. The Kier molecular flexibility index (Phi) is 3.67. The van der Waals surface area contributed by atoms with E-state index < -0.39 is 0 Å². The Balaban J connectivity index is 2.37. The van der Waals surface area contributed by atoms with Crippen LogP contribution in [0.25, 0.3) is 11.1 Å². The van der Waals surface area contributed by atoms with Crippen LogP contribution in [0.1, 0.15) is 0 Å². The minimum absolute atomic E-state index is 0.481. The Morgan fingerprint density at radius 3 is 2.11 bits per heavy atom. The van der Waals surface area contributed by atoms with E-state index in [0.29, 0.717) is 11.6 Å². The van der Waals surface area contributed by atoms with Crippen LogP contribution in [-0.2, 0) is 0 Å². The molecule has 0 N–H and O–H groups in total. The van der Waals surface area contributed by atoms with Crippen molar-refractivity contribution in [2.45, 2.75) is 0 Å². The second-order valence-corrected chi connectivity index (χ2v) is 3.66. The highest BCUT2D eigenvalue weighted by molar-refractivity contribution is 5.65. The first kappa shape index (κ1) is 12.2. The van der Waals surface area contributed by atoms with Crippen LogP contribution < -0.4 is 14.2 Å². The number of benzene rings is 1. The zero-order valence-corrected chi connectivity index (χ0v) is 10.6. The number of aromatic nitrogens is 1. The topological polar surface area (TPSA) is 40.6 Å². The fourth-order valence-corrected chi connectivity index (χ4v) is 1.67. The second kappa shape index (κ2) is 5.40. The summed E-state index contributed by atoms with van der Waals surface area (Å²) in [7, 11) is 4.81. The predicted octanol–water partition coefficient (Wildman–Crippen LogP) is 2.77. The van der Waals surface area contributed by atoms with Gasteiger partial charge in [-0.15, -0.1) is 0 Å². The van der Waals surface area contributed by atoms with Crippen molar-refractivity contribution in [3.8, 4) is 28.5 Å². The Morgan fingerprint density at radius 2 is 1.56 bits per heavy atom. The Labute approximate surface area is 106 Å². The molecule has 0 aliphatic heterocycles. The number of hydrogen-bond donors (Lipinski definition) is 0. The number of methoxy groups -OCH3 is 3. The van der Waals surface area contributed by atoms with Crippen LogP contribution in [0.3, 0.4) is 0 Å². The van der Waals surface area contributed by atoms with Crippen molar-refractivity contribution in [1.29, 1.82) is 0 Å². The van der Waals surface area contributed by atoms with Gasteiger partial charge in [0.05, 0.1) is 21.3 Å². The van der Waals surface area contributed by atoms with Crippen molar-refractivity contribution in [3.63, 3.8) is 0 Å². The van der Waals surface area contributed by atoms with Crippen molar-refractivity contribution in [2.75, 3.05) is 21.3 Å². The molecule has 0 atom stereocenters. The molecule has 4 heteroatoms. The summed E-state index contributed by atoms with van der Waals surface area (Å²) in [6.45, 7) is 0. The summed E-state index contributed by atoms with van der Waals surface area (Å²) in [4.78, 5) is 4.21. The molecule has 1 aromatic heterocycles. The largest absolute Gasteiger partial charge is 0.497 e. The molecular weight excluding hydrogens is 230 g/mol. The molecule has 2 aromatic rings. The third-order valence-corrected chi connectivity index (χ3v) is 2.65. The van der Waals surface area contributed by atoms with Gasteiger partial charge in [-0.2, -0.15) is 0 Å². The van der Waals surface area contributed by atoms with Gasteiger partial charge in [-0.05, 0) is 23.8 Å². The number of pyridine rings is 1. The van der Waals surface area contributed by atoms with Crippen molar-refractivity contribution in [3.05, 3.63) is 36.5 Å². The molecule has 1 heterocycles. The average Bonchev–Trinajstić information content (AvgIpc) is 2.46. The van der Waals surface area contributed by atoms with Crippen LogP contribution in [0.4, 0.5) is 0 Å². The molecule has 94 valence electrons. The van der Waals surface area contributed by atoms with Crippen molar-refractivity contribution in [2.24, 2.45) is 0 Å². The fourth-order valence-electron chi connectivity index (χ4n) is 1.67. The maximum atomic E-state index is 5.23. The van der Waals surface area contributed by atoms with E-state index in [2.05, 4.69) is 4.98 Å². The standard InChI is InChI=1S/C14H15NO3/c1-16-12-6-4-10(5-7-12)11-8-13(17-2)14(18-3)15-9-11/h4-9H,1-3H3. The zero-order valence-electron chi connectivity index (χ0n) is 10.6. The van der Waals surface area contributed by atoms with Gasteiger partial charge < -0.3 is 14.2 Å². The first-order chi connectivity index (χ1) is 8.78. The highest BCUT2D eigenvalue weighted by Crippen LogP contribution is 2.30. The quantitative estimate of drug-likeness (QED) is 0.830. The number of ether oxygens (including phenoxy) is 3. The van der Waals surface area contributed by atoms with E-state index in [1.54, 1.807) is 27.5 Å². The lowest BCUT2D eigenvalue weighted by Gasteiger charge is -2.09. The Morgan fingerprint density at radius 1 is 0.833 bits per heavy atom. The van der Waals surface area contributed by atoms with Gasteiger partial charge in [0.2, 0.25) is 0 Å². The molecule has 0 aliphatic rings. The van der Waals surface area contributed by atoms with E-state index in [0.717, 1.165) is 16.9 Å². The van der Waals surface area contributed by atoms with E-state index in [9.17, 15) is 0 Å². The molecule has 18 heavy (non-hydrogen) atoms. The number of rotatable bonds is 4. The van der Waals surface area contributed by atoms with Gasteiger partial charge in [0, 0.05) is 11.8 Å². The van der Waals surface area contributed by atoms with Crippen LogP contribution >= 0.6 is 0 Å². The van der Waals surface area contributed by atoms with Gasteiger partial charge in [0.25, 0.3) is 5.88 Å². The molecule has 0 bridgehead atoms. The first-order valence-electron chi connectivity index (χ1n) is 5.51. The summed E-state index contributed by atoms with van der Waals surface area (Å²) >= 11 is 0. The Hall–Kier alpha value is -2.23. The van der Waals surface area contributed by atoms with E-state index in [1.165, 1.54) is 0 Å². The monoisotopic (exact) mass is 245 g/mol. The Bertz CT molecular complexity index is 523. The minimum atomic E-state index is 0.481. The maximum Gasteiger partial charge on any atom is 0.256 e. The molecule has 0 saturated carbocycles. The molecule has 0 unspecified atom stereocenters. The summed E-state index contributed by atoms with van der Waals surface area (Å²) in [5, 5.41) is 0. The van der Waals surface area contributed by atoms with Crippen LogP contribution in [-0.4, -0.2) is 26.3 Å². The second-order valence-electron chi connectivity index (χ2n) is 3.66. The van der Waals surface area contributed by atoms with Crippen LogP contribution in [0, 0.1) is 0 Å². The summed E-state index contributed by atoms with van der Waals surface area (Å²) in [5.41, 5.74) is 2.01. The van der Waals surface area contributed by atoms with Gasteiger partial charge in [-0.1, -0.05) is 12.1 Å². The van der Waals surface area contributed by atoms with Gasteiger partial charge in [0.15, 0.2) is 5.75 Å². The van der Waals surface area contributed by atoms with Gasteiger partial charge in [-0.25, -0.2) is 4.98 Å². The van der Waals surface area contributed by atoms with Crippen LogP contribution in [0.5, 0.6) is 17.4 Å². The molecule has 2 rings (SSSR count). The third kappa shape index (κ3) is 2.37. The van der Waals surface area contributed by atoms with Crippen molar-refractivity contribution in [1.82, 2.24) is 4.98 Å². The maximum absolute atomic E-state index is 5.23. The third-order valence-electron chi connectivity index (χ3n) is 2.65. The summed E-state index contributed by atoms with van der Waals surface area (Å²) in [5.74, 6) is 1.92. The van der Waals surface area contributed by atoms with Crippen molar-refractivity contribution >= 4 is 0 Å². The molecule has 0 aliphatic carbocycles. The lowest BCUT2D eigenvalue weighted by atomic mass is 10.1. The normalized spacial score (nSPS) is 9.94. The lowest BCUT2D eigenvalue weighted by molar-refractivity contribution is 0.343. The summed E-state index contributed by atoms with van der Waals surface area (Å²) in [6, 6.07) is 9.66. The van der Waals surface area contributed by atoms with Gasteiger partial charge >= 0.3 is 0 Å². The number of nitrogens with zero attached hydrogens (tertiary/aromatic N) is 1. The van der Waals surface area contributed by atoms with Crippen LogP contribution in [0.2, 0.25) is 0 Å². The molecule has 4 nitrogen and oxygen atoms in total. The molecular formula is C14H15NO3. The highest BCUT2D eigenvalue weighted by atomic mass is 16.5. The minimum Gasteiger partial charge on any atom is -0.497 e. The predicted molar refractivity (Wildman–Crippen MR) is 69.3 cm³/mol. The molecule has 0 saturated heterocycles. The average molecular weight is 245 g/mol. The van der Waals surface area contributed by atoms with E-state index >= 15 is 0 Å². The molecule has 0 fully saturated rings. The van der Waals surface area contributed by atoms with Crippen LogP contribution in [0.15, 0.2) is 36.5 Å². The SMILES string of the molecule is COc1ccc(-c2cnc(OC)c(OC)c2)cc1. The number of hydrogen-bond acceptors (Lipinski definition) is 4. The summed E-state index contributed by atoms with van der Waals surface area (Å²) < 4.78 is 15.5. The summed E-state index contributed by atoms with van der Waals surface area (Å²) in [6.07, 6.45) is 1.75. The van der Waals surface area contributed by atoms with Gasteiger partial charge in [0.1, 0.15) is 5.75 Å². The van der Waals surface area contributed by atoms with E-state index in [-0.39, 0.29) is 0 Å². The molecule has 0 radical (unpaired) electrons. The molecule has 0 amide bonds. The van der Waals surface area contributed by atoms with Gasteiger partial charge in [-0.3, -0.25) is 0 Å². The van der Waals surface area contributed by atoms with Crippen molar-refractivity contribution < 1.29 is 14.2 Å². The smallest absolute Gasteiger partial charge is 0.256 e.